The second kappa shape index (κ2) is 6.05. The second-order valence-electron chi connectivity index (χ2n) is 7.03. The summed E-state index contributed by atoms with van der Waals surface area (Å²) >= 11 is 0. The van der Waals surface area contributed by atoms with E-state index < -0.39 is 0 Å². The highest BCUT2D eigenvalue weighted by atomic mass is 15.3. The van der Waals surface area contributed by atoms with Crippen molar-refractivity contribution in [2.24, 2.45) is 13.0 Å². The molecule has 1 aromatic heterocycles. The molecule has 1 aliphatic carbocycles. The third kappa shape index (κ3) is 2.99. The highest BCUT2D eigenvalue weighted by molar-refractivity contribution is 5.02. The standard InChI is InChI=1S/C16H29N5/c1-4-13(2)14-9-18-16(7-5-6-8-16)11-21(14)10-15-17-12-19-20(15)3/h12-14,18H,4-11H2,1-3H3. The van der Waals surface area contributed by atoms with Gasteiger partial charge in [0.25, 0.3) is 0 Å². The van der Waals surface area contributed by atoms with Gasteiger partial charge in [-0.05, 0) is 18.8 Å². The Kier molecular flexibility index (Phi) is 4.31. The van der Waals surface area contributed by atoms with Crippen molar-refractivity contribution < 1.29 is 0 Å². The molecule has 5 heteroatoms. The van der Waals surface area contributed by atoms with Crippen LogP contribution in [-0.2, 0) is 13.6 Å². The van der Waals surface area contributed by atoms with Crippen LogP contribution in [0.5, 0.6) is 0 Å². The Hall–Kier alpha value is -0.940. The number of hydrogen-bond acceptors (Lipinski definition) is 4. The number of hydrogen-bond donors (Lipinski definition) is 1. The Balaban J connectivity index is 1.77. The quantitative estimate of drug-likeness (QED) is 0.921. The maximum Gasteiger partial charge on any atom is 0.140 e. The van der Waals surface area contributed by atoms with E-state index in [0.717, 1.165) is 25.5 Å². The summed E-state index contributed by atoms with van der Waals surface area (Å²) < 4.78 is 1.91. The SMILES string of the molecule is CCC(C)C1CNC2(CCCC2)CN1Cc1ncnn1C. The predicted octanol–water partition coefficient (Wildman–Crippen LogP) is 1.95. The zero-order chi connectivity index (χ0) is 14.9. The third-order valence-corrected chi connectivity index (χ3v) is 5.67. The highest BCUT2D eigenvalue weighted by Crippen LogP contribution is 2.35. The van der Waals surface area contributed by atoms with Crippen LogP contribution < -0.4 is 5.32 Å². The average molecular weight is 291 g/mol. The summed E-state index contributed by atoms with van der Waals surface area (Å²) in [5.74, 6) is 1.79. The summed E-state index contributed by atoms with van der Waals surface area (Å²) in [6.45, 7) is 7.88. The van der Waals surface area contributed by atoms with Gasteiger partial charge in [0.1, 0.15) is 12.2 Å². The van der Waals surface area contributed by atoms with Gasteiger partial charge in [0.05, 0.1) is 6.54 Å². The van der Waals surface area contributed by atoms with Crippen LogP contribution >= 0.6 is 0 Å². The molecule has 2 atom stereocenters. The molecule has 5 nitrogen and oxygen atoms in total. The van der Waals surface area contributed by atoms with E-state index in [2.05, 4.69) is 34.1 Å². The van der Waals surface area contributed by atoms with E-state index in [0.29, 0.717) is 17.5 Å². The lowest BCUT2D eigenvalue weighted by Crippen LogP contribution is -2.64. The van der Waals surface area contributed by atoms with Crippen LogP contribution in [0.4, 0.5) is 0 Å². The monoisotopic (exact) mass is 291 g/mol. The lowest BCUT2D eigenvalue weighted by Gasteiger charge is -2.48. The topological polar surface area (TPSA) is 46.0 Å². The van der Waals surface area contributed by atoms with Gasteiger partial charge in [0.2, 0.25) is 0 Å². The number of nitrogens with zero attached hydrogens (tertiary/aromatic N) is 4. The van der Waals surface area contributed by atoms with Crippen molar-refractivity contribution in [2.75, 3.05) is 13.1 Å². The van der Waals surface area contributed by atoms with Gasteiger partial charge in [-0.3, -0.25) is 9.58 Å². The van der Waals surface area contributed by atoms with Crippen molar-refractivity contribution in [3.63, 3.8) is 0 Å². The summed E-state index contributed by atoms with van der Waals surface area (Å²) in [6.07, 6.45) is 8.30. The summed E-state index contributed by atoms with van der Waals surface area (Å²) in [5, 5.41) is 8.12. The van der Waals surface area contributed by atoms with E-state index in [9.17, 15) is 0 Å². The first-order valence-corrected chi connectivity index (χ1v) is 8.45. The molecule has 2 unspecified atom stereocenters. The first-order chi connectivity index (χ1) is 10.1. The van der Waals surface area contributed by atoms with Crippen molar-refractivity contribution in [3.8, 4) is 0 Å². The molecule has 0 amide bonds. The van der Waals surface area contributed by atoms with Gasteiger partial charge in [-0.1, -0.05) is 33.1 Å². The first-order valence-electron chi connectivity index (χ1n) is 8.45. The van der Waals surface area contributed by atoms with E-state index in [1.807, 2.05) is 11.7 Å². The molecule has 3 rings (SSSR count). The van der Waals surface area contributed by atoms with E-state index in [-0.39, 0.29) is 0 Å². The van der Waals surface area contributed by atoms with Gasteiger partial charge in [0, 0.05) is 31.7 Å². The maximum absolute atomic E-state index is 4.43. The summed E-state index contributed by atoms with van der Waals surface area (Å²) in [6, 6.07) is 0.609. The Labute approximate surface area is 128 Å². The van der Waals surface area contributed by atoms with E-state index in [1.54, 1.807) is 6.33 Å². The molecule has 1 saturated carbocycles. The van der Waals surface area contributed by atoms with Crippen LogP contribution in [0, 0.1) is 5.92 Å². The van der Waals surface area contributed by atoms with Crippen molar-refractivity contribution in [3.05, 3.63) is 12.2 Å². The summed E-state index contributed by atoms with van der Waals surface area (Å²) in [7, 11) is 1.99. The second-order valence-corrected chi connectivity index (χ2v) is 7.03. The molecule has 2 fully saturated rings. The van der Waals surface area contributed by atoms with Crippen LogP contribution in [0.15, 0.2) is 6.33 Å². The number of aromatic nitrogens is 3. The predicted molar refractivity (Wildman–Crippen MR) is 83.9 cm³/mol. The van der Waals surface area contributed by atoms with Gasteiger partial charge < -0.3 is 5.32 Å². The lowest BCUT2D eigenvalue weighted by atomic mass is 9.87. The molecule has 2 aliphatic rings. The Morgan fingerprint density at radius 1 is 1.43 bits per heavy atom. The number of rotatable bonds is 4. The normalized spacial score (nSPS) is 27.3. The highest BCUT2D eigenvalue weighted by Gasteiger charge is 2.42. The largest absolute Gasteiger partial charge is 0.308 e. The van der Waals surface area contributed by atoms with Crippen LogP contribution in [0.2, 0.25) is 0 Å². The smallest absolute Gasteiger partial charge is 0.140 e. The van der Waals surface area contributed by atoms with Crippen molar-refractivity contribution >= 4 is 0 Å². The Morgan fingerprint density at radius 2 is 2.19 bits per heavy atom. The minimum absolute atomic E-state index is 0.364. The lowest BCUT2D eigenvalue weighted by molar-refractivity contribution is 0.0428. The van der Waals surface area contributed by atoms with Gasteiger partial charge in [-0.15, -0.1) is 0 Å². The van der Waals surface area contributed by atoms with E-state index >= 15 is 0 Å². The third-order valence-electron chi connectivity index (χ3n) is 5.67. The molecule has 0 bridgehead atoms. The van der Waals surface area contributed by atoms with Gasteiger partial charge >= 0.3 is 0 Å². The Bertz CT molecular complexity index is 463. The molecular weight excluding hydrogens is 262 g/mol. The van der Waals surface area contributed by atoms with Crippen molar-refractivity contribution in [1.29, 1.82) is 0 Å². The summed E-state index contributed by atoms with van der Waals surface area (Å²) in [5.41, 5.74) is 0.364. The molecular formula is C16H29N5. The van der Waals surface area contributed by atoms with Gasteiger partial charge in [-0.2, -0.15) is 5.10 Å². The Morgan fingerprint density at radius 3 is 2.81 bits per heavy atom. The van der Waals surface area contributed by atoms with E-state index in [1.165, 1.54) is 32.1 Å². The number of aryl methyl sites for hydroxylation is 1. The fourth-order valence-electron chi connectivity index (χ4n) is 4.05. The number of nitrogens with one attached hydrogen (secondary N) is 1. The van der Waals surface area contributed by atoms with Gasteiger partial charge in [0.15, 0.2) is 0 Å². The molecule has 1 aliphatic heterocycles. The minimum atomic E-state index is 0.364. The average Bonchev–Trinajstić information content (AvgIpc) is 3.09. The molecule has 1 spiro atoms. The number of piperazine rings is 1. The van der Waals surface area contributed by atoms with Crippen molar-refractivity contribution in [2.45, 2.75) is 64.1 Å². The van der Waals surface area contributed by atoms with Crippen LogP contribution in [0.3, 0.4) is 0 Å². The molecule has 21 heavy (non-hydrogen) atoms. The molecule has 1 aromatic rings. The minimum Gasteiger partial charge on any atom is -0.308 e. The zero-order valence-electron chi connectivity index (χ0n) is 13.7. The van der Waals surface area contributed by atoms with Crippen LogP contribution in [-0.4, -0.2) is 44.3 Å². The van der Waals surface area contributed by atoms with Crippen LogP contribution in [0.1, 0.15) is 51.8 Å². The molecule has 2 heterocycles. The molecule has 0 aromatic carbocycles. The zero-order valence-corrected chi connectivity index (χ0v) is 13.7. The fraction of sp³-hybridized carbons (Fsp3) is 0.875. The van der Waals surface area contributed by atoms with E-state index in [4.69, 9.17) is 0 Å². The van der Waals surface area contributed by atoms with Gasteiger partial charge in [-0.25, -0.2) is 4.98 Å². The molecule has 1 saturated heterocycles. The van der Waals surface area contributed by atoms with Crippen LogP contribution in [0.25, 0.3) is 0 Å². The molecule has 1 N–H and O–H groups in total. The summed E-state index contributed by atoms with van der Waals surface area (Å²) in [4.78, 5) is 7.10. The molecule has 0 radical (unpaired) electrons. The maximum atomic E-state index is 4.43. The van der Waals surface area contributed by atoms with Crippen molar-refractivity contribution in [1.82, 2.24) is 25.0 Å². The molecule has 118 valence electrons. The first kappa shape index (κ1) is 15.0. The fourth-order valence-corrected chi connectivity index (χ4v) is 4.05.